The fraction of sp³-hybridized carbons (Fsp3) is 0.909. The molecule has 6 nitrogen and oxygen atoms in total. The molecule has 102 valence electrons. The molecule has 0 aliphatic carbocycles. The summed E-state index contributed by atoms with van der Waals surface area (Å²) in [6, 6.07) is -0.187. The monoisotopic (exact) mass is 273 g/mol. The number of azide groups is 1. The second-order valence-corrected chi connectivity index (χ2v) is 5.43. The van der Waals surface area contributed by atoms with E-state index in [-0.39, 0.29) is 42.0 Å². The number of hydrogen-bond donors (Lipinski definition) is 0. The molecule has 5 atom stereocenters. The average molecular weight is 273 g/mol. The molecule has 0 radical (unpaired) electrons. The second kappa shape index (κ2) is 6.87. The number of carbonyl (C=O) groups is 1. The van der Waals surface area contributed by atoms with Crippen molar-refractivity contribution in [2.45, 2.75) is 38.4 Å². The summed E-state index contributed by atoms with van der Waals surface area (Å²) in [5.41, 5.74) is 8.41. The zero-order chi connectivity index (χ0) is 13.7. The molecule has 1 saturated heterocycles. The number of esters is 1. The molecule has 18 heavy (non-hydrogen) atoms. The van der Waals surface area contributed by atoms with E-state index in [4.69, 9.17) is 15.0 Å². The quantitative estimate of drug-likeness (QED) is 0.341. The molecule has 1 aliphatic rings. The first-order chi connectivity index (χ1) is 8.51. The maximum atomic E-state index is 10.8. The Hall–Kier alpha value is -0.910. The highest BCUT2D eigenvalue weighted by Gasteiger charge is 2.41. The number of ether oxygens (including phenoxy) is 2. The second-order valence-electron chi connectivity index (χ2n) is 4.49. The molecule has 2 unspecified atom stereocenters. The Morgan fingerprint density at radius 1 is 1.50 bits per heavy atom. The van der Waals surface area contributed by atoms with Crippen molar-refractivity contribution in [1.29, 1.82) is 0 Å². The van der Waals surface area contributed by atoms with Crippen LogP contribution in [0.25, 0.3) is 10.4 Å². The predicted octanol–water partition coefficient (Wildman–Crippen LogP) is 2.59. The summed E-state index contributed by atoms with van der Waals surface area (Å²) in [6.07, 6.45) is 1.77. The molecule has 1 heterocycles. The normalized spacial score (nSPS) is 35.7. The lowest BCUT2D eigenvalue weighted by Gasteiger charge is -2.42. The molecule has 0 aromatic rings. The van der Waals surface area contributed by atoms with Crippen molar-refractivity contribution < 1.29 is 14.3 Å². The van der Waals surface area contributed by atoms with Gasteiger partial charge in [-0.3, -0.25) is 4.79 Å². The van der Waals surface area contributed by atoms with Crippen LogP contribution in [0.1, 0.15) is 20.8 Å². The zero-order valence-electron chi connectivity index (χ0n) is 11.1. The third-order valence-electron chi connectivity index (χ3n) is 3.41. The first kappa shape index (κ1) is 15.1. The highest BCUT2D eigenvalue weighted by molar-refractivity contribution is 7.99. The minimum atomic E-state index is -0.309. The number of carbonyl (C=O) groups excluding carboxylic acids is 1. The van der Waals surface area contributed by atoms with Crippen molar-refractivity contribution >= 4 is 17.7 Å². The smallest absolute Gasteiger partial charge is 0.302 e. The Bertz CT molecular complexity index is 344. The highest BCUT2D eigenvalue weighted by atomic mass is 32.2. The van der Waals surface area contributed by atoms with Gasteiger partial charge in [0.15, 0.2) is 0 Å². The third kappa shape index (κ3) is 3.54. The summed E-state index contributed by atoms with van der Waals surface area (Å²) in [5, 5.41) is 3.82. The van der Waals surface area contributed by atoms with Crippen LogP contribution in [0.2, 0.25) is 0 Å². The molecule has 0 spiro atoms. The zero-order valence-corrected chi connectivity index (χ0v) is 11.9. The number of thioether (sulfide) groups is 1. The molecular formula is C11H19N3O3S. The van der Waals surface area contributed by atoms with E-state index in [9.17, 15) is 4.79 Å². The van der Waals surface area contributed by atoms with Crippen molar-refractivity contribution in [2.24, 2.45) is 17.0 Å². The first-order valence-electron chi connectivity index (χ1n) is 5.87. The first-order valence-corrected chi connectivity index (χ1v) is 7.15. The van der Waals surface area contributed by atoms with Gasteiger partial charge in [-0.1, -0.05) is 19.0 Å². The Balaban J connectivity index is 2.75. The molecule has 0 N–H and O–H groups in total. The van der Waals surface area contributed by atoms with Crippen molar-refractivity contribution in [3.05, 3.63) is 10.4 Å². The molecule has 0 bridgehead atoms. The molecular weight excluding hydrogens is 254 g/mol. The van der Waals surface area contributed by atoms with Gasteiger partial charge in [-0.05, 0) is 23.6 Å². The molecule has 7 heteroatoms. The Labute approximate surface area is 111 Å². The number of rotatable bonds is 4. The number of nitrogens with zero attached hydrogens (tertiary/aromatic N) is 3. The fourth-order valence-corrected chi connectivity index (χ4v) is 2.91. The van der Waals surface area contributed by atoms with Crippen LogP contribution in [0.3, 0.4) is 0 Å². The fourth-order valence-electron chi connectivity index (χ4n) is 2.08. The summed E-state index contributed by atoms with van der Waals surface area (Å²) in [6.45, 7) is 5.69. The van der Waals surface area contributed by atoms with Crippen LogP contribution in [-0.4, -0.2) is 36.4 Å². The van der Waals surface area contributed by atoms with Crippen LogP contribution >= 0.6 is 11.8 Å². The molecule has 0 aromatic carbocycles. The van der Waals surface area contributed by atoms with E-state index >= 15 is 0 Å². The molecule has 0 aromatic heterocycles. The average Bonchev–Trinajstić information content (AvgIpc) is 2.34. The summed E-state index contributed by atoms with van der Waals surface area (Å²) in [4.78, 5) is 13.7. The maximum Gasteiger partial charge on any atom is 0.302 e. The SMILES string of the molecule is CS[C@@H]1OC(COC(C)=O)[C@@H](C)[C@H](C)C1N=[N+]=[N-]. The summed E-state index contributed by atoms with van der Waals surface area (Å²) in [5.74, 6) is 0.0484. The van der Waals surface area contributed by atoms with E-state index in [1.165, 1.54) is 18.7 Å². The van der Waals surface area contributed by atoms with Gasteiger partial charge in [-0.25, -0.2) is 0 Å². The molecule has 1 rings (SSSR count). The van der Waals surface area contributed by atoms with E-state index in [1.54, 1.807) is 0 Å². The van der Waals surface area contributed by atoms with E-state index in [0.717, 1.165) is 0 Å². The van der Waals surface area contributed by atoms with E-state index in [0.29, 0.717) is 0 Å². The van der Waals surface area contributed by atoms with Gasteiger partial charge in [0.25, 0.3) is 0 Å². The van der Waals surface area contributed by atoms with E-state index in [1.807, 2.05) is 20.1 Å². The van der Waals surface area contributed by atoms with Gasteiger partial charge in [-0.2, -0.15) is 0 Å². The summed E-state index contributed by atoms with van der Waals surface area (Å²) in [7, 11) is 0. The van der Waals surface area contributed by atoms with E-state index < -0.39 is 0 Å². The van der Waals surface area contributed by atoms with E-state index in [2.05, 4.69) is 10.0 Å². The van der Waals surface area contributed by atoms with Crippen molar-refractivity contribution in [1.82, 2.24) is 0 Å². The van der Waals surface area contributed by atoms with Gasteiger partial charge in [0.1, 0.15) is 12.0 Å². The van der Waals surface area contributed by atoms with Gasteiger partial charge in [-0.15, -0.1) is 11.8 Å². The van der Waals surface area contributed by atoms with Crippen LogP contribution in [-0.2, 0) is 14.3 Å². The van der Waals surface area contributed by atoms with Crippen LogP contribution < -0.4 is 0 Å². The Morgan fingerprint density at radius 3 is 2.67 bits per heavy atom. The minimum absolute atomic E-state index is 0.147. The Morgan fingerprint density at radius 2 is 2.17 bits per heavy atom. The van der Waals surface area contributed by atoms with Crippen LogP contribution in [0.4, 0.5) is 0 Å². The summed E-state index contributed by atoms with van der Waals surface area (Å²) < 4.78 is 10.9. The van der Waals surface area contributed by atoms with Crippen LogP contribution in [0.5, 0.6) is 0 Å². The topological polar surface area (TPSA) is 84.3 Å². The molecule has 0 amide bonds. The summed E-state index contributed by atoms with van der Waals surface area (Å²) >= 11 is 1.51. The maximum absolute atomic E-state index is 10.8. The van der Waals surface area contributed by atoms with Gasteiger partial charge in [0.05, 0.1) is 12.1 Å². The third-order valence-corrected chi connectivity index (χ3v) is 4.26. The van der Waals surface area contributed by atoms with Crippen LogP contribution in [0, 0.1) is 11.8 Å². The molecule has 1 aliphatic heterocycles. The van der Waals surface area contributed by atoms with Gasteiger partial charge in [0.2, 0.25) is 0 Å². The molecule has 1 fully saturated rings. The standard InChI is InChI=1S/C11H19N3O3S/c1-6-7(2)10(13-14-12)11(18-4)17-9(6)5-16-8(3)15/h6-7,9-11H,5H2,1-4H3/t6-,7-,9?,10?,11-/m0/s1. The lowest BCUT2D eigenvalue weighted by molar-refractivity contribution is -0.153. The number of hydrogen-bond acceptors (Lipinski definition) is 5. The van der Waals surface area contributed by atoms with Gasteiger partial charge < -0.3 is 9.47 Å². The largest absolute Gasteiger partial charge is 0.463 e. The minimum Gasteiger partial charge on any atom is -0.463 e. The lowest BCUT2D eigenvalue weighted by Crippen LogP contribution is -2.48. The molecule has 0 saturated carbocycles. The lowest BCUT2D eigenvalue weighted by atomic mass is 9.83. The van der Waals surface area contributed by atoms with Gasteiger partial charge in [0, 0.05) is 11.8 Å². The van der Waals surface area contributed by atoms with Crippen LogP contribution in [0.15, 0.2) is 5.11 Å². The van der Waals surface area contributed by atoms with Gasteiger partial charge >= 0.3 is 5.97 Å². The van der Waals surface area contributed by atoms with Crippen molar-refractivity contribution in [3.63, 3.8) is 0 Å². The van der Waals surface area contributed by atoms with Crippen molar-refractivity contribution in [3.8, 4) is 0 Å². The Kier molecular flexibility index (Phi) is 5.78. The predicted molar refractivity (Wildman–Crippen MR) is 70.1 cm³/mol. The highest BCUT2D eigenvalue weighted by Crippen LogP contribution is 2.36. The van der Waals surface area contributed by atoms with Crippen molar-refractivity contribution in [2.75, 3.05) is 12.9 Å².